The van der Waals surface area contributed by atoms with E-state index in [4.69, 9.17) is 13.0 Å². The molecule has 0 N–H and O–H groups in total. The molecule has 3 rings (SSSR count). The molecule has 0 saturated carbocycles. The van der Waals surface area contributed by atoms with Gasteiger partial charge in [0.25, 0.3) is 0 Å². The molecule has 0 saturated heterocycles. The highest BCUT2D eigenvalue weighted by molar-refractivity contribution is 7.97. The van der Waals surface area contributed by atoms with Crippen LogP contribution in [-0.4, -0.2) is 18.5 Å². The van der Waals surface area contributed by atoms with Gasteiger partial charge in [0.1, 0.15) is 0 Å². The van der Waals surface area contributed by atoms with Crippen LogP contribution < -0.4 is 0 Å². The number of aryl methyl sites for hydroxylation is 1. The van der Waals surface area contributed by atoms with E-state index < -0.39 is 15.6 Å². The average molecular weight is 469 g/mol. The Morgan fingerprint density at radius 1 is 0.774 bits per heavy atom. The van der Waals surface area contributed by atoms with Gasteiger partial charge in [-0.05, 0) is 54.8 Å². The van der Waals surface area contributed by atoms with Crippen LogP contribution in [0.3, 0.4) is 0 Å². The molecule has 0 radical (unpaired) electrons. The van der Waals surface area contributed by atoms with E-state index in [1.807, 2.05) is 0 Å². The molecular formula is C23H23F3O3S2. The van der Waals surface area contributed by atoms with E-state index >= 15 is 0 Å². The Morgan fingerprint density at radius 2 is 1.16 bits per heavy atom. The minimum absolute atomic E-state index is 0.0286. The van der Waals surface area contributed by atoms with E-state index in [-0.39, 0.29) is 10.9 Å². The first-order chi connectivity index (χ1) is 14.6. The molecule has 0 aromatic heterocycles. The van der Waals surface area contributed by atoms with E-state index in [1.54, 1.807) is 0 Å². The zero-order valence-electron chi connectivity index (χ0n) is 16.9. The third-order valence-electron chi connectivity index (χ3n) is 4.22. The number of rotatable bonds is 6. The van der Waals surface area contributed by atoms with Crippen molar-refractivity contribution in [3.63, 3.8) is 0 Å². The van der Waals surface area contributed by atoms with Crippen LogP contribution in [-0.2, 0) is 27.4 Å². The van der Waals surface area contributed by atoms with Gasteiger partial charge in [0.15, 0.2) is 24.8 Å². The molecule has 3 aromatic rings. The second-order valence-corrected chi connectivity index (χ2v) is 9.98. The lowest BCUT2D eigenvalue weighted by molar-refractivity contribution is -0.0517. The summed E-state index contributed by atoms with van der Waals surface area (Å²) in [5.41, 5.74) is -4.20. The molecular weight excluding hydrogens is 445 g/mol. The van der Waals surface area contributed by atoms with Crippen molar-refractivity contribution < 1.29 is 26.1 Å². The van der Waals surface area contributed by atoms with E-state index in [9.17, 15) is 13.2 Å². The zero-order chi connectivity index (χ0) is 22.9. The zero-order valence-corrected chi connectivity index (χ0v) is 18.5. The van der Waals surface area contributed by atoms with Gasteiger partial charge in [0.05, 0.1) is 10.9 Å². The maximum absolute atomic E-state index is 10.7. The van der Waals surface area contributed by atoms with Crippen LogP contribution in [0.15, 0.2) is 99.6 Å². The van der Waals surface area contributed by atoms with Crippen LogP contribution >= 0.6 is 0 Å². The number of hydrogen-bond donors (Lipinski definition) is 0. The summed E-state index contributed by atoms with van der Waals surface area (Å²) in [4.78, 5) is 4.14. The summed E-state index contributed by atoms with van der Waals surface area (Å²) in [5.74, 6) is 0. The molecule has 166 valence electrons. The summed E-state index contributed by atoms with van der Waals surface area (Å²) in [6, 6.07) is 30.9. The van der Waals surface area contributed by atoms with Crippen LogP contribution in [0.5, 0.6) is 0 Å². The fraction of sp³-hybridized carbons (Fsp3) is 0.217. The summed E-state index contributed by atoms with van der Waals surface area (Å²) in [6.45, 7) is 2.25. The van der Waals surface area contributed by atoms with Gasteiger partial charge in [-0.15, -0.1) is 0 Å². The molecule has 0 atom stereocenters. The molecule has 0 aliphatic heterocycles. The molecule has 3 nitrogen and oxygen atoms in total. The Labute approximate surface area is 184 Å². The number of unbranched alkanes of at least 4 members (excludes halogenated alkanes) is 1. The van der Waals surface area contributed by atoms with Gasteiger partial charge in [-0.1, -0.05) is 61.9 Å². The first-order valence-electron chi connectivity index (χ1n) is 9.59. The topological polar surface area (TPSA) is 57.2 Å². The van der Waals surface area contributed by atoms with Crippen LogP contribution in [0.25, 0.3) is 0 Å². The van der Waals surface area contributed by atoms with Gasteiger partial charge in [0, 0.05) is 0 Å². The first-order valence-corrected chi connectivity index (χ1v) is 12.2. The van der Waals surface area contributed by atoms with Gasteiger partial charge in [-0.2, -0.15) is 13.2 Å². The molecule has 0 amide bonds. The van der Waals surface area contributed by atoms with Crippen molar-refractivity contribution in [2.75, 3.05) is 0 Å². The lowest BCUT2D eigenvalue weighted by atomic mass is 10.1. The summed E-state index contributed by atoms with van der Waals surface area (Å²) in [7, 11) is -6.12. The van der Waals surface area contributed by atoms with E-state index in [2.05, 4.69) is 91.9 Å². The number of alkyl halides is 3. The van der Waals surface area contributed by atoms with Gasteiger partial charge >= 0.3 is 5.51 Å². The summed E-state index contributed by atoms with van der Waals surface area (Å²) < 4.78 is 58.9. The summed E-state index contributed by atoms with van der Waals surface area (Å²) in [6.07, 6.45) is 3.70. The molecule has 0 bridgehead atoms. The highest BCUT2D eigenvalue weighted by Gasteiger charge is 2.37. The minimum Gasteiger partial charge on any atom is -0.741 e. The third-order valence-corrected chi connectivity index (χ3v) is 7.02. The van der Waals surface area contributed by atoms with Gasteiger partial charge < -0.3 is 4.55 Å². The van der Waals surface area contributed by atoms with Gasteiger partial charge in [0.2, 0.25) is 0 Å². The van der Waals surface area contributed by atoms with Gasteiger partial charge in [-0.25, -0.2) is 8.42 Å². The molecule has 0 fully saturated rings. The fourth-order valence-electron chi connectivity index (χ4n) is 2.69. The van der Waals surface area contributed by atoms with Crippen molar-refractivity contribution in [1.29, 1.82) is 0 Å². The molecule has 8 heteroatoms. The summed E-state index contributed by atoms with van der Waals surface area (Å²) >= 11 is 0. The Balaban J connectivity index is 0.000000366. The Morgan fingerprint density at radius 3 is 1.52 bits per heavy atom. The maximum Gasteiger partial charge on any atom is 0.485 e. The maximum atomic E-state index is 10.7. The molecule has 0 spiro atoms. The van der Waals surface area contributed by atoms with Crippen LogP contribution in [0.4, 0.5) is 13.2 Å². The number of hydrogen-bond acceptors (Lipinski definition) is 3. The smallest absolute Gasteiger partial charge is 0.485 e. The van der Waals surface area contributed by atoms with Crippen molar-refractivity contribution >= 4 is 21.0 Å². The van der Waals surface area contributed by atoms with Crippen LogP contribution in [0.1, 0.15) is 25.3 Å². The Hall–Kier alpha value is -2.29. The van der Waals surface area contributed by atoms with Crippen molar-refractivity contribution in [1.82, 2.24) is 0 Å². The predicted octanol–water partition coefficient (Wildman–Crippen LogP) is 6.18. The number of halogens is 3. The van der Waals surface area contributed by atoms with Gasteiger partial charge in [-0.3, -0.25) is 0 Å². The van der Waals surface area contributed by atoms with E-state index in [1.165, 1.54) is 39.5 Å². The van der Waals surface area contributed by atoms with E-state index in [0.29, 0.717) is 0 Å². The molecule has 0 aliphatic rings. The van der Waals surface area contributed by atoms with E-state index in [0.717, 1.165) is 0 Å². The average Bonchev–Trinajstić information content (AvgIpc) is 2.74. The van der Waals surface area contributed by atoms with Crippen molar-refractivity contribution in [2.45, 2.75) is 46.4 Å². The third kappa shape index (κ3) is 7.72. The quantitative estimate of drug-likeness (QED) is 0.247. The van der Waals surface area contributed by atoms with Crippen molar-refractivity contribution in [2.24, 2.45) is 0 Å². The SMILES string of the molecule is CCCCc1ccc([S+](c2ccccc2)c2ccccc2)cc1.O=S(=O)([O-])C(F)(F)F. The first kappa shape index (κ1) is 25.0. The van der Waals surface area contributed by atoms with Crippen molar-refractivity contribution in [3.8, 4) is 0 Å². The standard InChI is InChI=1S/C22H23S.CHF3O3S/c1-2-3-10-19-15-17-22(18-16-19)23(20-11-6-4-7-12-20)21-13-8-5-9-14-21;2-1(3,4)8(5,6)7/h4-9,11-18H,2-3,10H2,1H3;(H,5,6,7)/q+1;/p-1. The summed E-state index contributed by atoms with van der Waals surface area (Å²) in [5, 5.41) is 0. The van der Waals surface area contributed by atoms with Crippen LogP contribution in [0.2, 0.25) is 0 Å². The predicted molar refractivity (Wildman–Crippen MR) is 116 cm³/mol. The Kier molecular flexibility index (Phi) is 9.15. The second-order valence-electron chi connectivity index (χ2n) is 6.58. The second kappa shape index (κ2) is 11.4. The number of benzene rings is 3. The highest BCUT2D eigenvalue weighted by atomic mass is 32.2. The lowest BCUT2D eigenvalue weighted by Gasteiger charge is -2.08. The minimum atomic E-state index is -6.09. The molecule has 3 aromatic carbocycles. The molecule has 0 aliphatic carbocycles. The normalized spacial score (nSPS) is 11.7. The molecule has 0 unspecified atom stereocenters. The fourth-order valence-corrected chi connectivity index (χ4v) is 4.78. The largest absolute Gasteiger partial charge is 0.741 e. The molecule has 0 heterocycles. The Bertz CT molecular complexity index is 982. The monoisotopic (exact) mass is 468 g/mol. The highest BCUT2D eigenvalue weighted by Crippen LogP contribution is 2.31. The van der Waals surface area contributed by atoms with Crippen molar-refractivity contribution in [3.05, 3.63) is 90.5 Å². The van der Waals surface area contributed by atoms with Crippen LogP contribution in [0, 0.1) is 0 Å². The molecule has 31 heavy (non-hydrogen) atoms. The lowest BCUT2D eigenvalue weighted by Crippen LogP contribution is -2.21.